The molecular weight excluding hydrogens is 1760 g/mol. The van der Waals surface area contributed by atoms with Crippen LogP contribution in [0.3, 0.4) is 0 Å². The van der Waals surface area contributed by atoms with E-state index in [1.165, 1.54) is 70.2 Å². The van der Waals surface area contributed by atoms with Crippen LogP contribution in [0.2, 0.25) is 0 Å². The van der Waals surface area contributed by atoms with Crippen LogP contribution in [0, 0.1) is 27.7 Å². The first-order valence-electron chi connectivity index (χ1n) is 48.7. The van der Waals surface area contributed by atoms with E-state index in [-0.39, 0.29) is 96.2 Å². The summed E-state index contributed by atoms with van der Waals surface area (Å²) in [6.07, 6.45) is 5.54. The largest absolute Gasteiger partial charge is 2.00 e. The number of likely N-dealkylation sites (N-methyl/N-ethyl adjacent to an activating group) is 2. The van der Waals surface area contributed by atoms with Gasteiger partial charge in [-0.1, -0.05) is 422 Å². The number of hydrogen-bond donors (Lipinski definition) is 0. The first-order chi connectivity index (χ1) is 62.0. The van der Waals surface area contributed by atoms with Crippen LogP contribution in [-0.4, -0.2) is 100 Å². The van der Waals surface area contributed by atoms with Crippen LogP contribution in [0.5, 0.6) is 34.5 Å². The molecule has 10 rings (SSSR count). The Balaban J connectivity index is 0.000000405. The van der Waals surface area contributed by atoms with Crippen LogP contribution in [0.15, 0.2) is 194 Å². The van der Waals surface area contributed by atoms with Crippen LogP contribution in [0.1, 0.15) is 328 Å². The zero-order valence-electron chi connectivity index (χ0n) is 89.7. The van der Waals surface area contributed by atoms with Gasteiger partial charge in [-0.15, -0.1) is 24.7 Å². The molecule has 0 saturated heterocycles. The maximum absolute atomic E-state index is 14.7. The van der Waals surface area contributed by atoms with Crippen molar-refractivity contribution in [2.24, 2.45) is 0 Å². The Kier molecular flexibility index (Phi) is 47.0. The number of methoxy groups -OCH3 is 4. The van der Waals surface area contributed by atoms with E-state index in [1.807, 2.05) is 38.1 Å². The van der Waals surface area contributed by atoms with E-state index in [2.05, 4.69) is 383 Å². The maximum Gasteiger partial charge on any atom is 2.00 e. The van der Waals surface area contributed by atoms with Gasteiger partial charge >= 0.3 is 39.0 Å². The molecular formula is C120H170N4O8Zn2. The van der Waals surface area contributed by atoms with E-state index in [4.69, 9.17) is 18.9 Å². The van der Waals surface area contributed by atoms with Crippen molar-refractivity contribution in [1.82, 2.24) is 19.6 Å². The average molecular weight is 1930 g/mol. The molecule has 0 heterocycles. The monoisotopic (exact) mass is 1920 g/mol. The minimum Gasteiger partial charge on any atom is -0.872 e. The summed E-state index contributed by atoms with van der Waals surface area (Å²) in [6, 6.07) is 68.0. The molecule has 0 aliphatic rings. The fourth-order valence-electron chi connectivity index (χ4n) is 17.9. The Morgan fingerprint density at radius 3 is 0.687 bits per heavy atom. The van der Waals surface area contributed by atoms with Gasteiger partial charge in [-0.2, -0.15) is 0 Å². The molecule has 0 amide bonds. The second kappa shape index (κ2) is 53.2. The van der Waals surface area contributed by atoms with Gasteiger partial charge in [0.2, 0.25) is 0 Å². The van der Waals surface area contributed by atoms with Crippen LogP contribution < -0.4 is 39.4 Å². The molecule has 0 aliphatic carbocycles. The van der Waals surface area contributed by atoms with Gasteiger partial charge in [0, 0.05) is 96.3 Å². The average Bonchev–Trinajstić information content (AvgIpc) is 0.755. The minimum atomic E-state index is -0.469. The molecule has 14 heteroatoms. The third-order valence-corrected chi connectivity index (χ3v) is 26.5. The van der Waals surface area contributed by atoms with Crippen LogP contribution >= 0.6 is 0 Å². The standard InChI is InChI=1S/2C44H60N2O2.2C13H19O2.C6H14.2Zn/c2*1-12-45(13-2)24-25-46(31-34-26-32(3)27-39(41(34)48-11)42(4,5)6)30-33-28-37(43(7,8)35-20-16-14-17-21-35)29-38(40(33)47)44(9,10)36-22-18-15-19-23-36;2*1-9-6-10(8-14)12(15-5)11(7-9)13(2,3)4;1-3-5-6-4-2;;/h2*14-23,26-29,47H,12-13,24-25,30-31H2,1-11H3;2*6-7H,8H2,1-5H3;3-6H2,1-2H3;;/q;;2*-1;;2*+2/p-2. The number of aryl methyl sites for hydroxylation is 4. The number of unbranched alkanes of at least 4 members (excludes halogenated alkanes) is 3. The van der Waals surface area contributed by atoms with Gasteiger partial charge in [-0.05, 0) is 153 Å². The van der Waals surface area contributed by atoms with E-state index >= 15 is 0 Å². The Bertz CT molecular complexity index is 4860. The number of benzene rings is 10. The molecule has 0 fully saturated rings. The number of hydrogen-bond acceptors (Lipinski definition) is 12. The predicted octanol–water partition coefficient (Wildman–Crippen LogP) is 25.6. The number of ether oxygens (including phenoxy) is 4. The maximum atomic E-state index is 14.7. The van der Waals surface area contributed by atoms with Gasteiger partial charge < -0.3 is 49.2 Å². The van der Waals surface area contributed by atoms with E-state index in [0.717, 1.165) is 153 Å². The smallest absolute Gasteiger partial charge is 0.872 e. The SMILES string of the molecule is CCCCCC.CCN(CC)CCN(Cc1cc(C(C)(C)c2ccccc2)cc(C(C)(C)c2ccccc2)c1[O-])Cc1cc(C)cc(C(C)(C)C)c1OC.CCN(CC)CCN(Cc1cc(C(C)(C)c2ccccc2)cc(C(C)(C)c2ccccc2)c1[O-])Cc1cc(C)cc(C(C)(C)C)c1OC.COc1c(C[O-])cc(C)cc1C(C)(C)C.COc1c(C[O-])cc(C)cc1C(C)(C)C.[Zn+2].[Zn+2]. The molecule has 10 aromatic carbocycles. The van der Waals surface area contributed by atoms with Gasteiger partial charge in [-0.25, -0.2) is 0 Å². The molecule has 0 spiro atoms. The first kappa shape index (κ1) is 118. The Morgan fingerprint density at radius 1 is 0.254 bits per heavy atom. The summed E-state index contributed by atoms with van der Waals surface area (Å²) in [7, 11) is 6.82. The number of nitrogens with zero attached hydrogens (tertiary/aromatic N) is 4. The van der Waals surface area contributed by atoms with E-state index < -0.39 is 10.8 Å². The molecule has 0 aliphatic heterocycles. The molecule has 0 bridgehead atoms. The number of rotatable bonds is 35. The fraction of sp³-hybridized carbons (Fsp3) is 0.500. The summed E-state index contributed by atoms with van der Waals surface area (Å²) in [6.45, 7) is 75.3. The molecule has 10 aromatic rings. The van der Waals surface area contributed by atoms with Crippen molar-refractivity contribution in [1.29, 1.82) is 0 Å². The summed E-state index contributed by atoms with van der Waals surface area (Å²) in [5.41, 5.74) is 22.0. The van der Waals surface area contributed by atoms with Crippen molar-refractivity contribution < 1.29 is 78.3 Å². The van der Waals surface area contributed by atoms with Crippen LogP contribution in [0.4, 0.5) is 0 Å². The third-order valence-electron chi connectivity index (χ3n) is 26.5. The molecule has 0 unspecified atom stereocenters. The van der Waals surface area contributed by atoms with Crippen molar-refractivity contribution in [2.75, 3.05) is 80.8 Å². The summed E-state index contributed by atoms with van der Waals surface area (Å²) >= 11 is 0. The van der Waals surface area contributed by atoms with Crippen molar-refractivity contribution >= 4 is 0 Å². The van der Waals surface area contributed by atoms with E-state index in [0.29, 0.717) is 26.2 Å². The Labute approximate surface area is 839 Å². The van der Waals surface area contributed by atoms with E-state index in [1.54, 1.807) is 28.4 Å². The zero-order chi connectivity index (χ0) is 98.7. The predicted molar refractivity (Wildman–Crippen MR) is 553 cm³/mol. The fourth-order valence-corrected chi connectivity index (χ4v) is 17.9. The van der Waals surface area contributed by atoms with Crippen molar-refractivity contribution in [3.05, 3.63) is 317 Å². The summed E-state index contributed by atoms with van der Waals surface area (Å²) in [4.78, 5) is 9.82. The molecule has 722 valence electrons. The van der Waals surface area contributed by atoms with Crippen molar-refractivity contribution in [3.8, 4) is 34.5 Å². The second-order valence-electron chi connectivity index (χ2n) is 42.5. The van der Waals surface area contributed by atoms with E-state index in [9.17, 15) is 20.4 Å². The van der Waals surface area contributed by atoms with Crippen LogP contribution in [0.25, 0.3) is 0 Å². The molecule has 0 N–H and O–H groups in total. The summed E-state index contributed by atoms with van der Waals surface area (Å²) < 4.78 is 23.0. The molecule has 0 saturated carbocycles. The second-order valence-corrected chi connectivity index (χ2v) is 42.5. The Hall–Kier alpha value is -7.99. The van der Waals surface area contributed by atoms with Gasteiger partial charge in [0.15, 0.2) is 0 Å². The summed E-state index contributed by atoms with van der Waals surface area (Å²) in [5.74, 6) is 3.68. The topological polar surface area (TPSA) is 142 Å². The van der Waals surface area contributed by atoms with Gasteiger partial charge in [0.1, 0.15) is 23.0 Å². The molecule has 0 aromatic heterocycles. The van der Waals surface area contributed by atoms with Crippen LogP contribution in [-0.2, 0) is 122 Å². The quantitative estimate of drug-likeness (QED) is 0.0276. The normalized spacial score (nSPS) is 12.0. The van der Waals surface area contributed by atoms with Crippen molar-refractivity contribution in [2.45, 2.75) is 316 Å². The Morgan fingerprint density at radius 2 is 0.470 bits per heavy atom. The molecule has 12 nitrogen and oxygen atoms in total. The van der Waals surface area contributed by atoms with Gasteiger partial charge in [0.25, 0.3) is 0 Å². The zero-order valence-corrected chi connectivity index (χ0v) is 95.6. The van der Waals surface area contributed by atoms with Gasteiger partial charge in [-0.3, -0.25) is 9.80 Å². The van der Waals surface area contributed by atoms with Gasteiger partial charge in [0.05, 0.1) is 28.4 Å². The minimum absolute atomic E-state index is 0. The van der Waals surface area contributed by atoms with Crippen molar-refractivity contribution in [3.63, 3.8) is 0 Å². The molecule has 0 radical (unpaired) electrons. The first-order valence-corrected chi connectivity index (χ1v) is 48.7. The molecule has 134 heavy (non-hydrogen) atoms. The molecule has 0 atom stereocenters. The third kappa shape index (κ3) is 32.3. The summed E-state index contributed by atoms with van der Waals surface area (Å²) in [5, 5.41) is 51.6.